The average molecular weight is 390 g/mol. The van der Waals surface area contributed by atoms with E-state index >= 15 is 0 Å². The Labute approximate surface area is 158 Å². The lowest BCUT2D eigenvalue weighted by Crippen LogP contribution is -2.26. The highest BCUT2D eigenvalue weighted by Gasteiger charge is 2.19. The van der Waals surface area contributed by atoms with E-state index in [1.165, 1.54) is 11.7 Å². The van der Waals surface area contributed by atoms with E-state index in [-0.39, 0.29) is 5.56 Å². The molecule has 0 radical (unpaired) electrons. The van der Waals surface area contributed by atoms with Gasteiger partial charge in [-0.15, -0.1) is 0 Å². The second-order valence-corrected chi connectivity index (χ2v) is 7.25. The summed E-state index contributed by atoms with van der Waals surface area (Å²) in [6, 6.07) is 12.0. The van der Waals surface area contributed by atoms with Gasteiger partial charge in [0.2, 0.25) is 5.91 Å². The molecule has 0 aliphatic rings. The first kappa shape index (κ1) is 18.3. The molecular weight excluding hydrogens is 374 g/mol. The predicted octanol–water partition coefficient (Wildman–Crippen LogP) is 3.01. The zero-order chi connectivity index (χ0) is 18.8. The van der Waals surface area contributed by atoms with Crippen molar-refractivity contribution in [2.24, 2.45) is 5.73 Å². The summed E-state index contributed by atoms with van der Waals surface area (Å²) in [6.07, 6.45) is 0. The number of primary amides is 1. The van der Waals surface area contributed by atoms with Gasteiger partial charge in [0.25, 0.3) is 5.56 Å². The summed E-state index contributed by atoms with van der Waals surface area (Å²) < 4.78 is 6.59. The molecule has 0 aliphatic carbocycles. The van der Waals surface area contributed by atoms with Gasteiger partial charge in [-0.25, -0.2) is 4.98 Å². The number of benzene rings is 2. The fraction of sp³-hybridized carbons (Fsp3) is 0.167. The molecule has 3 aromatic rings. The lowest BCUT2D eigenvalue weighted by Gasteiger charge is -2.15. The van der Waals surface area contributed by atoms with Crippen LogP contribution in [0.5, 0.6) is 5.75 Å². The fourth-order valence-corrected chi connectivity index (χ4v) is 3.56. The Bertz CT molecular complexity index is 1050. The highest BCUT2D eigenvalue weighted by atomic mass is 35.5. The normalized spacial score (nSPS) is 12.1. The molecule has 1 amide bonds. The molecule has 0 bridgehead atoms. The zero-order valence-electron chi connectivity index (χ0n) is 14.1. The minimum Gasteiger partial charge on any atom is -0.495 e. The molecule has 26 heavy (non-hydrogen) atoms. The topological polar surface area (TPSA) is 87.2 Å². The number of fused-ring (bicyclic) bond motifs is 1. The molecule has 0 unspecified atom stereocenters. The molecule has 2 N–H and O–H groups in total. The summed E-state index contributed by atoms with van der Waals surface area (Å²) in [5.41, 5.74) is 6.19. The average Bonchev–Trinajstić information content (AvgIpc) is 2.62. The molecule has 3 rings (SSSR count). The van der Waals surface area contributed by atoms with Crippen LogP contribution in [0, 0.1) is 0 Å². The highest BCUT2D eigenvalue weighted by molar-refractivity contribution is 8.00. The summed E-state index contributed by atoms with van der Waals surface area (Å²) in [5.74, 6) is 0.00800. The number of nitrogens with zero attached hydrogens (tertiary/aromatic N) is 2. The maximum atomic E-state index is 13.1. The number of hydrogen-bond donors (Lipinski definition) is 1. The number of carbonyl (C=O) groups is 1. The Balaban J connectivity index is 2.27. The molecule has 0 spiro atoms. The van der Waals surface area contributed by atoms with Crippen molar-refractivity contribution in [3.8, 4) is 11.4 Å². The van der Waals surface area contributed by atoms with Gasteiger partial charge in [0.15, 0.2) is 5.16 Å². The van der Waals surface area contributed by atoms with Crippen molar-refractivity contribution < 1.29 is 9.53 Å². The van der Waals surface area contributed by atoms with Crippen molar-refractivity contribution in [2.75, 3.05) is 7.11 Å². The monoisotopic (exact) mass is 389 g/mol. The number of carbonyl (C=O) groups excluding carboxylic acids is 1. The number of thioether (sulfide) groups is 1. The third kappa shape index (κ3) is 3.40. The van der Waals surface area contributed by atoms with Gasteiger partial charge in [0.1, 0.15) is 5.75 Å². The molecule has 1 atom stereocenters. The molecular formula is C18H16ClN3O3S. The number of methoxy groups -OCH3 is 1. The van der Waals surface area contributed by atoms with Crippen molar-refractivity contribution in [2.45, 2.75) is 17.3 Å². The number of hydrogen-bond acceptors (Lipinski definition) is 5. The summed E-state index contributed by atoms with van der Waals surface area (Å²) in [6.45, 7) is 1.67. The third-order valence-electron chi connectivity index (χ3n) is 3.82. The first-order valence-corrected chi connectivity index (χ1v) is 9.00. The maximum Gasteiger partial charge on any atom is 0.266 e. The molecule has 0 saturated carbocycles. The number of nitrogens with two attached hydrogens (primary N) is 1. The van der Waals surface area contributed by atoms with Gasteiger partial charge in [-0.3, -0.25) is 14.2 Å². The second-order valence-electron chi connectivity index (χ2n) is 5.53. The van der Waals surface area contributed by atoms with Crippen LogP contribution in [0.3, 0.4) is 0 Å². The lowest BCUT2D eigenvalue weighted by molar-refractivity contribution is -0.117. The summed E-state index contributed by atoms with van der Waals surface area (Å²) in [7, 11) is 1.51. The van der Waals surface area contributed by atoms with Crippen LogP contribution < -0.4 is 16.0 Å². The van der Waals surface area contributed by atoms with E-state index in [1.807, 2.05) is 0 Å². The van der Waals surface area contributed by atoms with Gasteiger partial charge in [0, 0.05) is 0 Å². The predicted molar refractivity (Wildman–Crippen MR) is 103 cm³/mol. The number of para-hydroxylation sites is 1. The van der Waals surface area contributed by atoms with Gasteiger partial charge in [-0.1, -0.05) is 35.5 Å². The second kappa shape index (κ2) is 7.39. The summed E-state index contributed by atoms with van der Waals surface area (Å²) >= 11 is 7.34. The molecule has 0 saturated heterocycles. The van der Waals surface area contributed by atoms with Crippen LogP contribution in [-0.2, 0) is 4.79 Å². The van der Waals surface area contributed by atoms with E-state index in [0.29, 0.717) is 32.5 Å². The zero-order valence-corrected chi connectivity index (χ0v) is 15.7. The standard InChI is InChI=1S/C18H16ClN3O3S/c1-10(16(20)23)26-18-21-14-6-4-3-5-12(14)17(24)22(18)11-7-8-15(25-2)13(19)9-11/h3-10H,1-2H3,(H2,20,23)/t10-/m0/s1. The number of aromatic nitrogens is 2. The van der Waals surface area contributed by atoms with E-state index in [1.54, 1.807) is 49.4 Å². The van der Waals surface area contributed by atoms with Gasteiger partial charge in [0.05, 0.1) is 34.0 Å². The third-order valence-corrected chi connectivity index (χ3v) is 5.19. The van der Waals surface area contributed by atoms with Gasteiger partial charge < -0.3 is 10.5 Å². The molecule has 8 heteroatoms. The number of ether oxygens (including phenoxy) is 1. The largest absolute Gasteiger partial charge is 0.495 e. The smallest absolute Gasteiger partial charge is 0.266 e. The van der Waals surface area contributed by atoms with Crippen LogP contribution in [0.4, 0.5) is 0 Å². The first-order chi connectivity index (χ1) is 12.4. The number of halogens is 1. The minimum absolute atomic E-state index is 0.254. The molecule has 1 aromatic heterocycles. The van der Waals surface area contributed by atoms with E-state index < -0.39 is 11.2 Å². The van der Waals surface area contributed by atoms with Crippen LogP contribution in [0.15, 0.2) is 52.4 Å². The van der Waals surface area contributed by atoms with Crippen molar-refractivity contribution in [1.82, 2.24) is 9.55 Å². The molecule has 134 valence electrons. The van der Waals surface area contributed by atoms with E-state index in [0.717, 1.165) is 11.8 Å². The van der Waals surface area contributed by atoms with E-state index in [9.17, 15) is 9.59 Å². The maximum absolute atomic E-state index is 13.1. The summed E-state index contributed by atoms with van der Waals surface area (Å²) in [5, 5.41) is 0.642. The highest BCUT2D eigenvalue weighted by Crippen LogP contribution is 2.29. The Kier molecular flexibility index (Phi) is 5.20. The number of rotatable bonds is 5. The lowest BCUT2D eigenvalue weighted by atomic mass is 10.2. The molecule has 0 fully saturated rings. The fourth-order valence-electron chi connectivity index (χ4n) is 2.43. The Morgan fingerprint density at radius 2 is 2.04 bits per heavy atom. The first-order valence-electron chi connectivity index (χ1n) is 7.74. The molecule has 0 aliphatic heterocycles. The number of amides is 1. The Morgan fingerprint density at radius 1 is 1.31 bits per heavy atom. The van der Waals surface area contributed by atoms with Crippen LogP contribution in [0.1, 0.15) is 6.92 Å². The molecule has 2 aromatic carbocycles. The summed E-state index contributed by atoms with van der Waals surface area (Å²) in [4.78, 5) is 29.1. The van der Waals surface area contributed by atoms with Crippen LogP contribution >= 0.6 is 23.4 Å². The van der Waals surface area contributed by atoms with Crippen molar-refractivity contribution in [1.29, 1.82) is 0 Å². The van der Waals surface area contributed by atoms with Gasteiger partial charge >= 0.3 is 0 Å². The Hall–Kier alpha value is -2.51. The van der Waals surface area contributed by atoms with Crippen molar-refractivity contribution in [3.63, 3.8) is 0 Å². The van der Waals surface area contributed by atoms with Crippen molar-refractivity contribution >= 4 is 40.2 Å². The molecule has 6 nitrogen and oxygen atoms in total. The van der Waals surface area contributed by atoms with Gasteiger partial charge in [-0.2, -0.15) is 0 Å². The Morgan fingerprint density at radius 3 is 2.69 bits per heavy atom. The van der Waals surface area contributed by atoms with Crippen LogP contribution in [0.2, 0.25) is 5.02 Å². The van der Waals surface area contributed by atoms with Gasteiger partial charge in [-0.05, 0) is 37.3 Å². The SMILES string of the molecule is COc1ccc(-n2c(S[C@@H](C)C(N)=O)nc3ccccc3c2=O)cc1Cl. The van der Waals surface area contributed by atoms with E-state index in [2.05, 4.69) is 4.98 Å². The van der Waals surface area contributed by atoms with E-state index in [4.69, 9.17) is 22.1 Å². The molecule has 1 heterocycles. The quantitative estimate of drug-likeness (QED) is 0.535. The van der Waals surface area contributed by atoms with Crippen LogP contribution in [0.25, 0.3) is 16.6 Å². The van der Waals surface area contributed by atoms with Crippen molar-refractivity contribution in [3.05, 3.63) is 57.8 Å². The minimum atomic E-state index is -0.553. The van der Waals surface area contributed by atoms with Crippen LogP contribution in [-0.4, -0.2) is 27.8 Å².